The molecule has 0 spiro atoms. The highest BCUT2D eigenvalue weighted by Gasteiger charge is 2.56. The zero-order valence-electron chi connectivity index (χ0n) is 11.6. The molecular weight excluding hydrogens is 244 g/mol. The molecule has 4 fully saturated rings. The van der Waals surface area contributed by atoms with Crippen LogP contribution in [-0.2, 0) is 19.0 Å². The molecule has 4 aliphatic rings. The molecule has 0 aromatic rings. The number of hydrogen-bond donors (Lipinski definition) is 0. The number of ether oxygens (including phenoxy) is 3. The lowest BCUT2D eigenvalue weighted by atomic mass is 9.68. The molecule has 2 heterocycles. The van der Waals surface area contributed by atoms with Gasteiger partial charge in [0.25, 0.3) is 0 Å². The molecule has 0 amide bonds. The van der Waals surface area contributed by atoms with E-state index in [0.29, 0.717) is 30.3 Å². The van der Waals surface area contributed by atoms with Crippen molar-refractivity contribution in [3.05, 3.63) is 0 Å². The second-order valence-electron chi connectivity index (χ2n) is 7.02. The summed E-state index contributed by atoms with van der Waals surface area (Å²) in [5.74, 6) is 0.329. The van der Waals surface area contributed by atoms with Crippen molar-refractivity contribution in [1.29, 1.82) is 0 Å². The lowest BCUT2D eigenvalue weighted by Crippen LogP contribution is -2.43. The molecule has 4 nitrogen and oxygen atoms in total. The molecule has 0 bridgehead atoms. The number of esters is 1. The summed E-state index contributed by atoms with van der Waals surface area (Å²) in [6, 6.07) is 0. The van der Waals surface area contributed by atoms with Gasteiger partial charge in [-0.3, -0.25) is 4.79 Å². The maximum Gasteiger partial charge on any atom is 0.312 e. The van der Waals surface area contributed by atoms with E-state index in [0.717, 1.165) is 32.1 Å². The predicted molar refractivity (Wildman–Crippen MR) is 67.6 cm³/mol. The van der Waals surface area contributed by atoms with Crippen molar-refractivity contribution in [2.45, 2.75) is 76.5 Å². The fraction of sp³-hybridized carbons (Fsp3) is 0.933. The Morgan fingerprint density at radius 1 is 1.11 bits per heavy atom. The molecule has 2 saturated carbocycles. The third kappa shape index (κ3) is 2.00. The van der Waals surface area contributed by atoms with Crippen LogP contribution in [0.15, 0.2) is 0 Å². The summed E-state index contributed by atoms with van der Waals surface area (Å²) in [7, 11) is 0. The third-order valence-electron chi connectivity index (χ3n) is 5.68. The highest BCUT2D eigenvalue weighted by atomic mass is 16.6. The Balaban J connectivity index is 1.41. The average Bonchev–Trinajstić information content (AvgIpc) is 3.24. The minimum atomic E-state index is -0.362. The van der Waals surface area contributed by atoms with Crippen LogP contribution in [0.4, 0.5) is 0 Å². The molecule has 2 aliphatic carbocycles. The summed E-state index contributed by atoms with van der Waals surface area (Å²) < 4.78 is 16.9. The van der Waals surface area contributed by atoms with Crippen molar-refractivity contribution in [1.82, 2.24) is 0 Å². The molecule has 0 aromatic heterocycles. The minimum Gasteiger partial charge on any atom is -0.462 e. The van der Waals surface area contributed by atoms with Crippen molar-refractivity contribution in [3.63, 3.8) is 0 Å². The number of hydrogen-bond acceptors (Lipinski definition) is 4. The summed E-state index contributed by atoms with van der Waals surface area (Å²) in [4.78, 5) is 12.6. The van der Waals surface area contributed by atoms with Crippen molar-refractivity contribution >= 4 is 5.97 Å². The standard InChI is InChI=1S/C15H22O4/c1-8-5-11-13(19-11)7-15(8,2)14(16)17-9-3-4-10-12(6-9)18-10/h8-13H,3-7H2,1-2H3. The Kier molecular flexibility index (Phi) is 2.53. The largest absolute Gasteiger partial charge is 0.462 e. The van der Waals surface area contributed by atoms with Crippen LogP contribution < -0.4 is 0 Å². The molecule has 4 rings (SSSR count). The maximum atomic E-state index is 12.6. The smallest absolute Gasteiger partial charge is 0.312 e. The number of carbonyl (C=O) groups excluding carboxylic acids is 1. The van der Waals surface area contributed by atoms with E-state index in [1.54, 1.807) is 0 Å². The van der Waals surface area contributed by atoms with E-state index in [2.05, 4.69) is 13.8 Å². The van der Waals surface area contributed by atoms with Gasteiger partial charge >= 0.3 is 5.97 Å². The topological polar surface area (TPSA) is 51.4 Å². The van der Waals surface area contributed by atoms with Crippen molar-refractivity contribution in [2.24, 2.45) is 11.3 Å². The maximum absolute atomic E-state index is 12.6. The van der Waals surface area contributed by atoms with Crippen LogP contribution in [0.2, 0.25) is 0 Å². The second-order valence-corrected chi connectivity index (χ2v) is 7.02. The second kappa shape index (κ2) is 3.95. The van der Waals surface area contributed by atoms with Gasteiger partial charge in [0, 0.05) is 6.42 Å². The lowest BCUT2D eigenvalue weighted by Gasteiger charge is -2.36. The van der Waals surface area contributed by atoms with Gasteiger partial charge in [-0.2, -0.15) is 0 Å². The van der Waals surface area contributed by atoms with Gasteiger partial charge in [-0.25, -0.2) is 0 Å². The summed E-state index contributed by atoms with van der Waals surface area (Å²) in [6.07, 6.45) is 6.31. The molecule has 7 unspecified atom stereocenters. The zero-order valence-corrected chi connectivity index (χ0v) is 11.6. The van der Waals surface area contributed by atoms with Gasteiger partial charge in [0.15, 0.2) is 0 Å². The molecule has 0 aromatic carbocycles. The fourth-order valence-corrected chi connectivity index (χ4v) is 3.84. The Labute approximate surface area is 113 Å². The first-order valence-corrected chi connectivity index (χ1v) is 7.58. The van der Waals surface area contributed by atoms with Gasteiger partial charge in [-0.15, -0.1) is 0 Å². The van der Waals surface area contributed by atoms with Crippen LogP contribution in [0, 0.1) is 11.3 Å². The van der Waals surface area contributed by atoms with E-state index in [1.807, 2.05) is 0 Å². The molecule has 2 aliphatic heterocycles. The van der Waals surface area contributed by atoms with E-state index < -0.39 is 0 Å². The highest BCUT2D eigenvalue weighted by molar-refractivity contribution is 5.77. The van der Waals surface area contributed by atoms with Gasteiger partial charge in [0.05, 0.1) is 29.8 Å². The summed E-state index contributed by atoms with van der Waals surface area (Å²) in [5, 5.41) is 0. The van der Waals surface area contributed by atoms with E-state index in [-0.39, 0.29) is 17.5 Å². The monoisotopic (exact) mass is 266 g/mol. The average molecular weight is 266 g/mol. The fourth-order valence-electron chi connectivity index (χ4n) is 3.84. The van der Waals surface area contributed by atoms with Crippen LogP contribution in [0.25, 0.3) is 0 Å². The Hall–Kier alpha value is -0.610. The number of carbonyl (C=O) groups is 1. The van der Waals surface area contributed by atoms with E-state index >= 15 is 0 Å². The zero-order chi connectivity index (χ0) is 13.2. The summed E-state index contributed by atoms with van der Waals surface area (Å²) in [5.41, 5.74) is -0.362. The quantitative estimate of drug-likeness (QED) is 0.567. The molecule has 2 saturated heterocycles. The Bertz CT molecular complexity index is 409. The summed E-state index contributed by atoms with van der Waals surface area (Å²) in [6.45, 7) is 4.21. The number of fused-ring (bicyclic) bond motifs is 2. The third-order valence-corrected chi connectivity index (χ3v) is 5.68. The molecule has 19 heavy (non-hydrogen) atoms. The Morgan fingerprint density at radius 3 is 2.63 bits per heavy atom. The van der Waals surface area contributed by atoms with E-state index in [1.165, 1.54) is 0 Å². The number of epoxide rings is 2. The van der Waals surface area contributed by atoms with Gasteiger partial charge < -0.3 is 14.2 Å². The molecule has 0 N–H and O–H groups in total. The summed E-state index contributed by atoms with van der Waals surface area (Å²) >= 11 is 0. The Morgan fingerprint density at radius 2 is 1.84 bits per heavy atom. The van der Waals surface area contributed by atoms with Gasteiger partial charge in [-0.1, -0.05) is 6.92 Å². The van der Waals surface area contributed by atoms with E-state index in [9.17, 15) is 4.79 Å². The van der Waals surface area contributed by atoms with Crippen LogP contribution in [0.1, 0.15) is 46.0 Å². The van der Waals surface area contributed by atoms with Crippen molar-refractivity contribution in [3.8, 4) is 0 Å². The normalized spacial score (nSPS) is 54.8. The molecule has 4 heteroatoms. The SMILES string of the molecule is CC1CC2OC2CC1(C)C(=O)OC1CCC2OC2C1. The predicted octanol–water partition coefficient (Wildman–Crippen LogP) is 2.05. The van der Waals surface area contributed by atoms with Crippen LogP contribution in [-0.4, -0.2) is 36.5 Å². The molecular formula is C15H22O4. The molecule has 106 valence electrons. The number of rotatable bonds is 2. The van der Waals surface area contributed by atoms with E-state index in [4.69, 9.17) is 14.2 Å². The first-order chi connectivity index (χ1) is 9.06. The lowest BCUT2D eigenvalue weighted by molar-refractivity contribution is -0.166. The molecule has 7 atom stereocenters. The molecule has 0 radical (unpaired) electrons. The highest BCUT2D eigenvalue weighted by Crippen LogP contribution is 2.50. The van der Waals surface area contributed by atoms with Gasteiger partial charge in [0.1, 0.15) is 6.10 Å². The first kappa shape index (κ1) is 12.2. The first-order valence-electron chi connectivity index (χ1n) is 7.58. The van der Waals surface area contributed by atoms with Crippen LogP contribution in [0.5, 0.6) is 0 Å². The van der Waals surface area contributed by atoms with Gasteiger partial charge in [0.2, 0.25) is 0 Å². The van der Waals surface area contributed by atoms with Crippen molar-refractivity contribution < 1.29 is 19.0 Å². The van der Waals surface area contributed by atoms with Crippen LogP contribution >= 0.6 is 0 Å². The minimum absolute atomic E-state index is 0.0157. The van der Waals surface area contributed by atoms with Gasteiger partial charge in [-0.05, 0) is 38.5 Å². The van der Waals surface area contributed by atoms with Crippen molar-refractivity contribution in [2.75, 3.05) is 0 Å². The van der Waals surface area contributed by atoms with Crippen LogP contribution in [0.3, 0.4) is 0 Å².